The Morgan fingerprint density at radius 2 is 1.74 bits per heavy atom. The van der Waals surface area contributed by atoms with Gasteiger partial charge in [-0.05, 0) is 35.9 Å². The van der Waals surface area contributed by atoms with Crippen LogP contribution in [0.5, 0.6) is 11.5 Å². The maximum absolute atomic E-state index is 6.02. The van der Waals surface area contributed by atoms with Crippen molar-refractivity contribution in [2.45, 2.75) is 6.42 Å². The number of nitrogen functional groups attached to an aromatic ring is 1. The minimum atomic E-state index is 0.663. The van der Waals surface area contributed by atoms with Gasteiger partial charge in [0.25, 0.3) is 0 Å². The first-order valence-corrected chi connectivity index (χ1v) is 6.57. The van der Waals surface area contributed by atoms with Crippen molar-refractivity contribution in [3.8, 4) is 22.6 Å². The smallest absolute Gasteiger partial charge is 0.161 e. The van der Waals surface area contributed by atoms with E-state index in [1.54, 1.807) is 12.1 Å². The molecule has 3 rings (SSSR count). The number of halogens is 1. The predicted molar refractivity (Wildman–Crippen MR) is 76.9 cm³/mol. The highest BCUT2D eigenvalue weighted by Crippen LogP contribution is 2.36. The highest BCUT2D eigenvalue weighted by atomic mass is 35.5. The van der Waals surface area contributed by atoms with Crippen LogP contribution in [0.1, 0.15) is 6.42 Å². The maximum Gasteiger partial charge on any atom is 0.161 e. The molecular weight excluding hydrogens is 262 g/mol. The Kier molecular flexibility index (Phi) is 3.22. The number of benzene rings is 2. The van der Waals surface area contributed by atoms with E-state index in [1.807, 2.05) is 24.3 Å². The summed E-state index contributed by atoms with van der Waals surface area (Å²) < 4.78 is 11.3. The molecule has 1 aliphatic heterocycles. The fraction of sp³-hybridized carbons (Fsp3) is 0.200. The summed E-state index contributed by atoms with van der Waals surface area (Å²) in [6, 6.07) is 11.3. The summed E-state index contributed by atoms with van der Waals surface area (Å²) in [4.78, 5) is 0. The van der Waals surface area contributed by atoms with Gasteiger partial charge in [0.1, 0.15) is 0 Å². The Morgan fingerprint density at radius 3 is 2.58 bits per heavy atom. The molecule has 0 radical (unpaired) electrons. The topological polar surface area (TPSA) is 44.5 Å². The van der Waals surface area contributed by atoms with Gasteiger partial charge in [-0.3, -0.25) is 0 Å². The molecule has 19 heavy (non-hydrogen) atoms. The summed E-state index contributed by atoms with van der Waals surface area (Å²) in [5, 5.41) is 0.663. The summed E-state index contributed by atoms with van der Waals surface area (Å²) in [5.41, 5.74) is 8.57. The minimum absolute atomic E-state index is 0.663. The third kappa shape index (κ3) is 2.47. The Morgan fingerprint density at radius 1 is 0.947 bits per heavy atom. The second-order valence-corrected chi connectivity index (χ2v) is 4.88. The van der Waals surface area contributed by atoms with Crippen LogP contribution in [0.4, 0.5) is 5.69 Å². The second kappa shape index (κ2) is 5.02. The Bertz CT molecular complexity index is 613. The second-order valence-electron chi connectivity index (χ2n) is 4.44. The lowest BCUT2D eigenvalue weighted by Crippen LogP contribution is -1.97. The van der Waals surface area contributed by atoms with Crippen molar-refractivity contribution in [3.63, 3.8) is 0 Å². The van der Waals surface area contributed by atoms with Gasteiger partial charge in [0.05, 0.1) is 13.2 Å². The number of hydrogen-bond donors (Lipinski definition) is 1. The largest absolute Gasteiger partial charge is 0.490 e. The molecule has 0 unspecified atom stereocenters. The molecule has 1 aliphatic rings. The summed E-state index contributed by atoms with van der Waals surface area (Å²) in [7, 11) is 0. The van der Waals surface area contributed by atoms with E-state index in [0.29, 0.717) is 23.9 Å². The van der Waals surface area contributed by atoms with Gasteiger partial charge >= 0.3 is 0 Å². The lowest BCUT2D eigenvalue weighted by atomic mass is 10.0. The minimum Gasteiger partial charge on any atom is -0.490 e. The van der Waals surface area contributed by atoms with E-state index >= 15 is 0 Å². The number of ether oxygens (including phenoxy) is 2. The molecular formula is C15H14ClNO2. The molecule has 0 amide bonds. The van der Waals surface area contributed by atoms with Gasteiger partial charge < -0.3 is 15.2 Å². The lowest BCUT2D eigenvalue weighted by molar-refractivity contribution is 0.297. The molecule has 2 N–H and O–H groups in total. The van der Waals surface area contributed by atoms with Gasteiger partial charge in [0, 0.05) is 22.7 Å². The molecule has 0 saturated carbocycles. The normalized spacial score (nSPS) is 13.9. The summed E-state index contributed by atoms with van der Waals surface area (Å²) in [5.74, 6) is 1.54. The van der Waals surface area contributed by atoms with Crippen molar-refractivity contribution < 1.29 is 9.47 Å². The zero-order valence-corrected chi connectivity index (χ0v) is 11.1. The van der Waals surface area contributed by atoms with E-state index in [2.05, 4.69) is 0 Å². The maximum atomic E-state index is 6.02. The average Bonchev–Trinajstić information content (AvgIpc) is 2.66. The SMILES string of the molecule is Nc1ccc(Cl)cc1-c1ccc2c(c1)OCCCO2. The molecule has 2 aromatic rings. The van der Waals surface area contributed by atoms with Crippen LogP contribution in [-0.2, 0) is 0 Å². The average molecular weight is 276 g/mol. The van der Waals surface area contributed by atoms with E-state index in [1.165, 1.54) is 0 Å². The molecule has 1 heterocycles. The van der Waals surface area contributed by atoms with Crippen molar-refractivity contribution in [1.29, 1.82) is 0 Å². The van der Waals surface area contributed by atoms with Gasteiger partial charge in [-0.2, -0.15) is 0 Å². The third-order valence-corrected chi connectivity index (χ3v) is 3.31. The Labute approximate surface area is 116 Å². The highest BCUT2D eigenvalue weighted by molar-refractivity contribution is 6.31. The van der Waals surface area contributed by atoms with Crippen LogP contribution in [0, 0.1) is 0 Å². The molecule has 4 heteroatoms. The van der Waals surface area contributed by atoms with Crippen LogP contribution >= 0.6 is 11.6 Å². The van der Waals surface area contributed by atoms with E-state index < -0.39 is 0 Å². The summed E-state index contributed by atoms with van der Waals surface area (Å²) >= 11 is 6.02. The number of hydrogen-bond acceptors (Lipinski definition) is 3. The van der Waals surface area contributed by atoms with Crippen LogP contribution in [0.2, 0.25) is 5.02 Å². The molecule has 0 aliphatic carbocycles. The van der Waals surface area contributed by atoms with Crippen molar-refractivity contribution in [2.75, 3.05) is 18.9 Å². The van der Waals surface area contributed by atoms with Gasteiger partial charge in [-0.1, -0.05) is 17.7 Å². The van der Waals surface area contributed by atoms with Crippen molar-refractivity contribution >= 4 is 17.3 Å². The first-order valence-electron chi connectivity index (χ1n) is 6.19. The van der Waals surface area contributed by atoms with Gasteiger partial charge in [-0.15, -0.1) is 0 Å². The third-order valence-electron chi connectivity index (χ3n) is 3.07. The van der Waals surface area contributed by atoms with Crippen molar-refractivity contribution in [1.82, 2.24) is 0 Å². The van der Waals surface area contributed by atoms with Crippen LogP contribution in [-0.4, -0.2) is 13.2 Å². The molecule has 2 aromatic carbocycles. The van der Waals surface area contributed by atoms with Crippen LogP contribution in [0.3, 0.4) is 0 Å². The van der Waals surface area contributed by atoms with Gasteiger partial charge in [0.15, 0.2) is 11.5 Å². The quantitative estimate of drug-likeness (QED) is 0.806. The van der Waals surface area contributed by atoms with Gasteiger partial charge in [-0.25, -0.2) is 0 Å². The lowest BCUT2D eigenvalue weighted by Gasteiger charge is -2.11. The molecule has 0 bridgehead atoms. The van der Waals surface area contributed by atoms with Crippen molar-refractivity contribution in [2.24, 2.45) is 0 Å². The van der Waals surface area contributed by atoms with Crippen LogP contribution in [0.25, 0.3) is 11.1 Å². The van der Waals surface area contributed by atoms with E-state index in [-0.39, 0.29) is 0 Å². The molecule has 0 spiro atoms. The fourth-order valence-electron chi connectivity index (χ4n) is 2.11. The molecule has 3 nitrogen and oxygen atoms in total. The number of anilines is 1. The molecule has 98 valence electrons. The van der Waals surface area contributed by atoms with E-state index in [4.69, 9.17) is 26.8 Å². The van der Waals surface area contributed by atoms with E-state index in [9.17, 15) is 0 Å². The monoisotopic (exact) mass is 275 g/mol. The molecule has 0 atom stereocenters. The van der Waals surface area contributed by atoms with Crippen molar-refractivity contribution in [3.05, 3.63) is 41.4 Å². The molecule has 0 fully saturated rings. The van der Waals surface area contributed by atoms with E-state index in [0.717, 1.165) is 29.0 Å². The number of rotatable bonds is 1. The fourth-order valence-corrected chi connectivity index (χ4v) is 2.28. The number of fused-ring (bicyclic) bond motifs is 1. The van der Waals surface area contributed by atoms with Crippen LogP contribution < -0.4 is 15.2 Å². The highest BCUT2D eigenvalue weighted by Gasteiger charge is 2.12. The first kappa shape index (κ1) is 12.2. The zero-order chi connectivity index (χ0) is 13.2. The van der Waals surface area contributed by atoms with Gasteiger partial charge in [0.2, 0.25) is 0 Å². The first-order chi connectivity index (χ1) is 9.24. The Balaban J connectivity index is 2.06. The summed E-state index contributed by atoms with van der Waals surface area (Å²) in [6.07, 6.45) is 0.892. The molecule has 0 aromatic heterocycles. The zero-order valence-electron chi connectivity index (χ0n) is 10.4. The predicted octanol–water partition coefficient (Wildman–Crippen LogP) is 3.75. The number of nitrogens with two attached hydrogens (primary N) is 1. The Hall–Kier alpha value is -1.87. The summed E-state index contributed by atoms with van der Waals surface area (Å²) in [6.45, 7) is 1.35. The molecule has 0 saturated heterocycles. The standard InChI is InChI=1S/C15H14ClNO2/c16-11-3-4-13(17)12(9-11)10-2-5-14-15(8-10)19-7-1-6-18-14/h2-5,8-9H,1,6-7,17H2. The van der Waals surface area contributed by atoms with Crippen LogP contribution in [0.15, 0.2) is 36.4 Å².